The van der Waals surface area contributed by atoms with Gasteiger partial charge in [-0.1, -0.05) is 10.3 Å². The number of ether oxygens (including phenoxy) is 1. The summed E-state index contributed by atoms with van der Waals surface area (Å²) in [5.41, 5.74) is 0.341. The van der Waals surface area contributed by atoms with Gasteiger partial charge in [0.2, 0.25) is 9.84 Å². The molecule has 0 spiro atoms. The number of halogens is 1. The molecule has 0 radical (unpaired) electrons. The quantitative estimate of drug-likeness (QED) is 0.353. The van der Waals surface area contributed by atoms with Gasteiger partial charge in [-0.15, -0.1) is 10.2 Å². The number of nitrogens with zero attached hydrogens (tertiary/aromatic N) is 5. The van der Waals surface area contributed by atoms with Crippen molar-refractivity contribution in [2.75, 3.05) is 7.11 Å². The summed E-state index contributed by atoms with van der Waals surface area (Å²) >= 11 is 0. The van der Waals surface area contributed by atoms with Crippen molar-refractivity contribution in [1.29, 1.82) is 0 Å². The molecule has 13 heteroatoms. The van der Waals surface area contributed by atoms with Gasteiger partial charge < -0.3 is 13.6 Å². The van der Waals surface area contributed by atoms with Crippen molar-refractivity contribution in [3.63, 3.8) is 0 Å². The van der Waals surface area contributed by atoms with Crippen molar-refractivity contribution in [2.24, 2.45) is 0 Å². The minimum atomic E-state index is -4.08. The molecule has 2 aromatic carbocycles. The molecule has 11 nitrogen and oxygen atoms in total. The number of hydrogen-bond acceptors (Lipinski definition) is 10. The molecule has 0 atom stereocenters. The molecule has 5 rings (SSSR count). The highest BCUT2D eigenvalue weighted by Gasteiger charge is 2.26. The smallest absolute Gasteiger partial charge is 0.336 e. The first kappa shape index (κ1) is 21.5. The standard InChI is InChI=1S/C21H14FN5O6S/c1-31-15-5-3-14(4-6-15)27-10-13(23-26-27)11-34(29,30)21-25-24-20(33-21)19-9-17(28)16-8-12(22)2-7-18(16)32-19/h2-10H,11H2,1H3. The third-order valence-electron chi connectivity index (χ3n) is 4.79. The molecule has 0 aliphatic carbocycles. The lowest BCUT2D eigenvalue weighted by atomic mass is 10.2. The molecule has 0 N–H and O–H groups in total. The molecular weight excluding hydrogens is 469 g/mol. The number of fused-ring (bicyclic) bond motifs is 1. The molecule has 3 aromatic heterocycles. The van der Waals surface area contributed by atoms with Crippen molar-refractivity contribution in [3.05, 3.63) is 76.5 Å². The summed E-state index contributed by atoms with van der Waals surface area (Å²) < 4.78 is 56.2. The molecule has 0 saturated carbocycles. The second-order valence-corrected chi connectivity index (χ2v) is 8.97. The zero-order valence-electron chi connectivity index (χ0n) is 17.4. The average molecular weight is 483 g/mol. The van der Waals surface area contributed by atoms with Crippen molar-refractivity contribution >= 4 is 20.8 Å². The predicted octanol–water partition coefficient (Wildman–Crippen LogP) is 2.55. The van der Waals surface area contributed by atoms with E-state index in [1.165, 1.54) is 16.9 Å². The topological polar surface area (TPSA) is 143 Å². The Morgan fingerprint density at radius 3 is 2.59 bits per heavy atom. The molecule has 172 valence electrons. The fourth-order valence-corrected chi connectivity index (χ4v) is 4.17. The highest BCUT2D eigenvalue weighted by Crippen LogP contribution is 2.24. The second-order valence-electron chi connectivity index (χ2n) is 7.10. The predicted molar refractivity (Wildman–Crippen MR) is 115 cm³/mol. The van der Waals surface area contributed by atoms with E-state index in [-0.39, 0.29) is 28.3 Å². The van der Waals surface area contributed by atoms with Crippen LogP contribution in [0.2, 0.25) is 0 Å². The van der Waals surface area contributed by atoms with E-state index in [2.05, 4.69) is 20.5 Å². The Bertz CT molecular complexity index is 1670. The van der Waals surface area contributed by atoms with E-state index in [0.29, 0.717) is 11.4 Å². The van der Waals surface area contributed by atoms with Gasteiger partial charge in [0, 0.05) is 6.07 Å². The zero-order chi connectivity index (χ0) is 23.9. The van der Waals surface area contributed by atoms with E-state index in [4.69, 9.17) is 13.6 Å². The summed E-state index contributed by atoms with van der Waals surface area (Å²) in [6, 6.07) is 11.4. The molecule has 0 aliphatic heterocycles. The number of hydrogen-bond donors (Lipinski definition) is 0. The summed E-state index contributed by atoms with van der Waals surface area (Å²) in [5.74, 6) is -0.950. The molecule has 5 aromatic rings. The van der Waals surface area contributed by atoms with E-state index in [9.17, 15) is 17.6 Å². The van der Waals surface area contributed by atoms with Crippen molar-refractivity contribution in [2.45, 2.75) is 11.0 Å². The number of sulfone groups is 1. The fourth-order valence-electron chi connectivity index (χ4n) is 3.15. The average Bonchev–Trinajstić information content (AvgIpc) is 3.50. The van der Waals surface area contributed by atoms with Crippen LogP contribution in [0.15, 0.2) is 73.6 Å². The largest absolute Gasteiger partial charge is 0.497 e. The van der Waals surface area contributed by atoms with E-state index in [0.717, 1.165) is 18.2 Å². The lowest BCUT2D eigenvalue weighted by molar-refractivity contribution is 0.414. The Morgan fingerprint density at radius 2 is 1.82 bits per heavy atom. The van der Waals surface area contributed by atoms with Crippen molar-refractivity contribution < 1.29 is 26.4 Å². The maximum absolute atomic E-state index is 13.4. The molecule has 0 fully saturated rings. The monoisotopic (exact) mass is 483 g/mol. The molecule has 0 aliphatic rings. The van der Waals surface area contributed by atoms with Gasteiger partial charge in [0.25, 0.3) is 5.89 Å². The van der Waals surface area contributed by atoms with Crippen LogP contribution < -0.4 is 10.2 Å². The van der Waals surface area contributed by atoms with E-state index >= 15 is 0 Å². The van der Waals surface area contributed by atoms with Crippen molar-refractivity contribution in [1.82, 2.24) is 25.2 Å². The maximum atomic E-state index is 13.4. The summed E-state index contributed by atoms with van der Waals surface area (Å²) in [7, 11) is -2.54. The van der Waals surface area contributed by atoms with Crippen molar-refractivity contribution in [3.8, 4) is 23.1 Å². The van der Waals surface area contributed by atoms with E-state index in [1.807, 2.05) is 0 Å². The zero-order valence-corrected chi connectivity index (χ0v) is 18.2. The SMILES string of the molecule is COc1ccc(-n2cc(CS(=O)(=O)c3nnc(-c4cc(=O)c5cc(F)ccc5o4)o3)nn2)cc1. The fraction of sp³-hybridized carbons (Fsp3) is 0.0952. The number of rotatable bonds is 6. The molecule has 0 saturated heterocycles. The van der Waals surface area contributed by atoms with Crippen LogP contribution in [0.1, 0.15) is 5.69 Å². The minimum absolute atomic E-state index is 0.0241. The van der Waals surface area contributed by atoms with Crippen LogP contribution in [-0.4, -0.2) is 40.7 Å². The van der Waals surface area contributed by atoms with Gasteiger partial charge in [0.15, 0.2) is 11.2 Å². The van der Waals surface area contributed by atoms with Gasteiger partial charge >= 0.3 is 5.22 Å². The first-order valence-corrected chi connectivity index (χ1v) is 11.3. The summed E-state index contributed by atoms with van der Waals surface area (Å²) in [6.45, 7) is 0. The van der Waals surface area contributed by atoms with Gasteiger partial charge in [-0.3, -0.25) is 4.79 Å². The highest BCUT2D eigenvalue weighted by atomic mass is 32.2. The Hall–Kier alpha value is -4.39. The van der Waals surface area contributed by atoms with Gasteiger partial charge in [0.1, 0.15) is 22.9 Å². The van der Waals surface area contributed by atoms with Crippen LogP contribution in [-0.2, 0) is 15.6 Å². The molecule has 34 heavy (non-hydrogen) atoms. The van der Waals surface area contributed by atoms with Gasteiger partial charge in [0.05, 0.1) is 30.1 Å². The second kappa shape index (κ2) is 8.19. The Balaban J connectivity index is 1.40. The van der Waals surface area contributed by atoms with E-state index in [1.54, 1.807) is 31.4 Å². The molecule has 0 unspecified atom stereocenters. The van der Waals surface area contributed by atoms with E-state index < -0.39 is 32.1 Å². The molecular formula is C21H14FN5O6S. The lowest BCUT2D eigenvalue weighted by Gasteiger charge is -2.02. The van der Waals surface area contributed by atoms with Crippen LogP contribution in [0.5, 0.6) is 5.75 Å². The number of aromatic nitrogens is 5. The van der Waals surface area contributed by atoms with Crippen LogP contribution in [0.4, 0.5) is 4.39 Å². The van der Waals surface area contributed by atoms with Crippen LogP contribution >= 0.6 is 0 Å². The molecule has 3 heterocycles. The normalized spacial score (nSPS) is 11.7. The minimum Gasteiger partial charge on any atom is -0.497 e. The highest BCUT2D eigenvalue weighted by molar-refractivity contribution is 7.90. The van der Waals surface area contributed by atoms with Gasteiger partial charge in [-0.05, 0) is 42.5 Å². The Kier molecular flexibility index (Phi) is 5.17. The molecule has 0 bridgehead atoms. The van der Waals surface area contributed by atoms with Crippen LogP contribution in [0, 0.1) is 5.82 Å². The number of benzene rings is 2. The lowest BCUT2D eigenvalue weighted by Crippen LogP contribution is -2.06. The summed E-state index contributed by atoms with van der Waals surface area (Å²) in [6.07, 6.45) is 1.46. The van der Waals surface area contributed by atoms with Gasteiger partial charge in [-0.25, -0.2) is 17.5 Å². The Morgan fingerprint density at radius 1 is 1.03 bits per heavy atom. The van der Waals surface area contributed by atoms with Crippen LogP contribution in [0.25, 0.3) is 28.3 Å². The molecule has 0 amide bonds. The third-order valence-corrected chi connectivity index (χ3v) is 6.16. The number of methoxy groups -OCH3 is 1. The summed E-state index contributed by atoms with van der Waals surface area (Å²) in [5, 5.41) is 14.4. The summed E-state index contributed by atoms with van der Waals surface area (Å²) in [4.78, 5) is 12.3. The maximum Gasteiger partial charge on any atom is 0.336 e. The third kappa shape index (κ3) is 4.03. The van der Waals surface area contributed by atoms with Gasteiger partial charge in [-0.2, -0.15) is 0 Å². The first-order chi connectivity index (χ1) is 16.3. The van der Waals surface area contributed by atoms with Crippen LogP contribution in [0.3, 0.4) is 0 Å². The Labute approximate surface area is 190 Å². The first-order valence-electron chi connectivity index (χ1n) is 9.68.